The molecule has 0 fully saturated rings. The fraction of sp³-hybridized carbons (Fsp3) is 0.571. The van der Waals surface area contributed by atoms with E-state index in [0.717, 1.165) is 12.3 Å². The Hall–Kier alpha value is -0.830. The van der Waals surface area contributed by atoms with Gasteiger partial charge in [-0.3, -0.25) is 0 Å². The van der Waals surface area contributed by atoms with Crippen molar-refractivity contribution >= 4 is 17.4 Å². The van der Waals surface area contributed by atoms with E-state index >= 15 is 0 Å². The summed E-state index contributed by atoms with van der Waals surface area (Å²) in [6.07, 6.45) is 3.57. The first-order valence-corrected chi connectivity index (χ1v) is 7.53. The molecule has 0 atom stereocenters. The Morgan fingerprint density at radius 1 is 1.35 bits per heavy atom. The van der Waals surface area contributed by atoms with Crippen molar-refractivity contribution in [3.63, 3.8) is 0 Å². The van der Waals surface area contributed by atoms with Gasteiger partial charge < -0.3 is 10.1 Å². The summed E-state index contributed by atoms with van der Waals surface area (Å²) in [7, 11) is 0. The van der Waals surface area contributed by atoms with Crippen LogP contribution in [-0.2, 0) is 0 Å². The Morgan fingerprint density at radius 3 is 2.71 bits per heavy atom. The molecule has 0 unspecified atom stereocenters. The highest BCUT2D eigenvalue weighted by molar-refractivity contribution is 7.98. The summed E-state index contributed by atoms with van der Waals surface area (Å²) in [5, 5.41) is 3.46. The zero-order valence-corrected chi connectivity index (χ0v) is 12.1. The summed E-state index contributed by atoms with van der Waals surface area (Å²) in [6.45, 7) is 7.24. The molecule has 2 nitrogen and oxygen atoms in total. The summed E-state index contributed by atoms with van der Waals surface area (Å²) in [6, 6.07) is 6.23. The molecule has 0 aliphatic rings. The number of benzene rings is 1. The van der Waals surface area contributed by atoms with Gasteiger partial charge in [-0.1, -0.05) is 0 Å². The lowest BCUT2D eigenvalue weighted by Gasteiger charge is -2.13. The minimum Gasteiger partial charge on any atom is -0.491 e. The monoisotopic (exact) mass is 253 g/mol. The molecule has 0 radical (unpaired) electrons. The van der Waals surface area contributed by atoms with Crippen LogP contribution in [0.5, 0.6) is 5.75 Å². The van der Waals surface area contributed by atoms with Gasteiger partial charge in [-0.2, -0.15) is 11.8 Å². The van der Waals surface area contributed by atoms with Crippen molar-refractivity contribution in [2.75, 3.05) is 23.9 Å². The Bertz CT molecular complexity index is 339. The molecule has 0 aliphatic carbocycles. The highest BCUT2D eigenvalue weighted by Crippen LogP contribution is 2.22. The predicted octanol–water partition coefficient (Wildman–Crippen LogP) is 3.95. The third kappa shape index (κ3) is 5.35. The zero-order valence-electron chi connectivity index (χ0n) is 11.2. The van der Waals surface area contributed by atoms with Crippen molar-refractivity contribution in [3.05, 3.63) is 23.8 Å². The lowest BCUT2D eigenvalue weighted by Crippen LogP contribution is -2.07. The summed E-state index contributed by atoms with van der Waals surface area (Å²) in [5.41, 5.74) is 2.45. The van der Waals surface area contributed by atoms with Crippen molar-refractivity contribution in [2.45, 2.75) is 33.3 Å². The minimum absolute atomic E-state index is 0.231. The second kappa shape index (κ2) is 7.49. The van der Waals surface area contributed by atoms with Gasteiger partial charge in [0.2, 0.25) is 0 Å². The summed E-state index contributed by atoms with van der Waals surface area (Å²) in [5.74, 6) is 2.16. The van der Waals surface area contributed by atoms with Crippen molar-refractivity contribution in [2.24, 2.45) is 0 Å². The van der Waals surface area contributed by atoms with Gasteiger partial charge in [-0.15, -0.1) is 0 Å². The first kappa shape index (κ1) is 14.2. The van der Waals surface area contributed by atoms with Crippen LogP contribution < -0.4 is 10.1 Å². The van der Waals surface area contributed by atoms with Crippen molar-refractivity contribution in [3.8, 4) is 5.75 Å². The zero-order chi connectivity index (χ0) is 12.7. The largest absolute Gasteiger partial charge is 0.491 e. The Balaban J connectivity index is 2.51. The smallest absolute Gasteiger partial charge is 0.120 e. The number of ether oxygens (including phenoxy) is 1. The third-order valence-electron chi connectivity index (χ3n) is 2.41. The van der Waals surface area contributed by atoms with E-state index in [-0.39, 0.29) is 6.10 Å². The van der Waals surface area contributed by atoms with Crippen LogP contribution in [0.25, 0.3) is 0 Å². The minimum atomic E-state index is 0.231. The highest BCUT2D eigenvalue weighted by atomic mass is 32.2. The quantitative estimate of drug-likeness (QED) is 0.744. The standard InChI is InChI=1S/C14H23NOS/c1-11(2)16-13-6-7-14(12(3)10-13)15-8-5-9-17-4/h6-7,10-11,15H,5,8-9H2,1-4H3. The van der Waals surface area contributed by atoms with E-state index < -0.39 is 0 Å². The molecule has 0 saturated carbocycles. The molecule has 0 aliphatic heterocycles. The molecule has 1 aromatic carbocycles. The van der Waals surface area contributed by atoms with Crippen LogP contribution in [-0.4, -0.2) is 24.7 Å². The maximum Gasteiger partial charge on any atom is 0.120 e. The van der Waals surface area contributed by atoms with Crippen LogP contribution >= 0.6 is 11.8 Å². The molecule has 1 rings (SSSR count). The van der Waals surface area contributed by atoms with Gasteiger partial charge in [0.1, 0.15) is 5.75 Å². The Kier molecular flexibility index (Phi) is 6.27. The van der Waals surface area contributed by atoms with Gasteiger partial charge >= 0.3 is 0 Å². The van der Waals surface area contributed by atoms with Crippen LogP contribution in [0.4, 0.5) is 5.69 Å². The van der Waals surface area contributed by atoms with E-state index in [1.54, 1.807) is 0 Å². The van der Waals surface area contributed by atoms with Crippen LogP contribution in [0.3, 0.4) is 0 Å². The molecule has 1 aromatic rings. The van der Waals surface area contributed by atoms with E-state index in [4.69, 9.17) is 4.74 Å². The van der Waals surface area contributed by atoms with Gasteiger partial charge in [0, 0.05) is 12.2 Å². The normalized spacial score (nSPS) is 10.6. The molecule has 17 heavy (non-hydrogen) atoms. The number of hydrogen-bond donors (Lipinski definition) is 1. The van der Waals surface area contributed by atoms with Gasteiger partial charge in [-0.05, 0) is 63.0 Å². The molecule has 0 aromatic heterocycles. The Morgan fingerprint density at radius 2 is 2.12 bits per heavy atom. The van der Waals surface area contributed by atoms with Crippen LogP contribution in [0.15, 0.2) is 18.2 Å². The third-order valence-corrected chi connectivity index (χ3v) is 3.11. The summed E-state index contributed by atoms with van der Waals surface area (Å²) >= 11 is 1.89. The van der Waals surface area contributed by atoms with E-state index in [0.29, 0.717) is 0 Å². The molecule has 1 N–H and O–H groups in total. The maximum atomic E-state index is 5.66. The first-order valence-electron chi connectivity index (χ1n) is 6.13. The number of aryl methyl sites for hydroxylation is 1. The van der Waals surface area contributed by atoms with Gasteiger partial charge in [0.15, 0.2) is 0 Å². The topological polar surface area (TPSA) is 21.3 Å². The van der Waals surface area contributed by atoms with E-state index in [9.17, 15) is 0 Å². The van der Waals surface area contributed by atoms with Crippen LogP contribution in [0.2, 0.25) is 0 Å². The maximum absolute atomic E-state index is 5.66. The van der Waals surface area contributed by atoms with Crippen molar-refractivity contribution in [1.82, 2.24) is 0 Å². The van der Waals surface area contributed by atoms with Gasteiger partial charge in [0.05, 0.1) is 6.10 Å². The first-order chi connectivity index (χ1) is 8.13. The highest BCUT2D eigenvalue weighted by Gasteiger charge is 2.02. The van der Waals surface area contributed by atoms with Crippen molar-refractivity contribution in [1.29, 1.82) is 0 Å². The van der Waals surface area contributed by atoms with E-state index in [2.05, 4.69) is 30.6 Å². The predicted molar refractivity (Wildman–Crippen MR) is 78.4 cm³/mol. The van der Waals surface area contributed by atoms with E-state index in [1.165, 1.54) is 23.4 Å². The van der Waals surface area contributed by atoms with Gasteiger partial charge in [-0.25, -0.2) is 0 Å². The second-order valence-electron chi connectivity index (χ2n) is 4.42. The molecule has 3 heteroatoms. The van der Waals surface area contributed by atoms with Crippen LogP contribution in [0, 0.1) is 6.92 Å². The van der Waals surface area contributed by atoms with Gasteiger partial charge in [0.25, 0.3) is 0 Å². The van der Waals surface area contributed by atoms with Crippen molar-refractivity contribution < 1.29 is 4.74 Å². The molecular weight excluding hydrogens is 230 g/mol. The summed E-state index contributed by atoms with van der Waals surface area (Å²) in [4.78, 5) is 0. The molecule has 0 amide bonds. The molecule has 0 spiro atoms. The number of rotatable bonds is 7. The number of hydrogen-bond acceptors (Lipinski definition) is 3. The average molecular weight is 253 g/mol. The molecular formula is C14H23NOS. The lowest BCUT2D eigenvalue weighted by atomic mass is 10.2. The fourth-order valence-corrected chi connectivity index (χ4v) is 2.05. The SMILES string of the molecule is CSCCCNc1ccc(OC(C)C)cc1C. The average Bonchev–Trinajstić information content (AvgIpc) is 2.26. The number of nitrogens with one attached hydrogen (secondary N) is 1. The second-order valence-corrected chi connectivity index (χ2v) is 5.40. The van der Waals surface area contributed by atoms with E-state index in [1.807, 2.05) is 31.7 Å². The number of thioether (sulfide) groups is 1. The molecule has 0 saturated heterocycles. The Labute approximate surface area is 109 Å². The molecule has 0 heterocycles. The lowest BCUT2D eigenvalue weighted by molar-refractivity contribution is 0.242. The summed E-state index contributed by atoms with van der Waals surface area (Å²) < 4.78 is 5.66. The molecule has 96 valence electrons. The fourth-order valence-electron chi connectivity index (χ4n) is 1.62. The van der Waals surface area contributed by atoms with Crippen LogP contribution in [0.1, 0.15) is 25.8 Å². The number of anilines is 1. The molecule has 0 bridgehead atoms.